The molecule has 28 heavy (non-hydrogen) atoms. The number of hydrogen-bond donors (Lipinski definition) is 2. The molecular formula is C21H25N3O3S. The van der Waals surface area contributed by atoms with Gasteiger partial charge in [-0.2, -0.15) is 0 Å². The van der Waals surface area contributed by atoms with Crippen LogP contribution in [0, 0.1) is 20.8 Å². The first-order valence-corrected chi connectivity index (χ1v) is 9.92. The van der Waals surface area contributed by atoms with Crippen molar-refractivity contribution < 1.29 is 14.4 Å². The number of carbonyl (C=O) groups is 2. The average molecular weight is 400 g/mol. The predicted molar refractivity (Wildman–Crippen MR) is 114 cm³/mol. The molecule has 0 radical (unpaired) electrons. The highest BCUT2D eigenvalue weighted by Crippen LogP contribution is 2.17. The van der Waals surface area contributed by atoms with Crippen LogP contribution in [0.5, 0.6) is 0 Å². The number of thioether (sulfide) groups is 1. The van der Waals surface area contributed by atoms with E-state index in [1.54, 1.807) is 11.8 Å². The number of nitrogens with zero attached hydrogens (tertiary/aromatic N) is 1. The Bertz CT molecular complexity index is 835. The van der Waals surface area contributed by atoms with Gasteiger partial charge in [0.1, 0.15) is 6.21 Å². The number of oxime groups is 1. The van der Waals surface area contributed by atoms with E-state index >= 15 is 0 Å². The second-order valence-electron chi connectivity index (χ2n) is 6.33. The lowest BCUT2D eigenvalue weighted by Crippen LogP contribution is -2.29. The van der Waals surface area contributed by atoms with E-state index in [0.29, 0.717) is 12.2 Å². The normalized spacial score (nSPS) is 10.7. The molecule has 0 atom stereocenters. The Kier molecular flexibility index (Phi) is 8.55. The zero-order chi connectivity index (χ0) is 20.4. The van der Waals surface area contributed by atoms with Crippen LogP contribution in [0.3, 0.4) is 0 Å². The van der Waals surface area contributed by atoms with Crippen LogP contribution in [0.15, 0.2) is 52.5 Å². The smallest absolute Gasteiger partial charge is 0.270 e. The molecular weight excluding hydrogens is 374 g/mol. The molecule has 0 unspecified atom stereocenters. The molecule has 0 spiro atoms. The van der Waals surface area contributed by atoms with E-state index in [1.807, 2.05) is 39.0 Å². The first-order chi connectivity index (χ1) is 13.4. The van der Waals surface area contributed by atoms with Crippen molar-refractivity contribution in [2.45, 2.75) is 25.7 Å². The monoisotopic (exact) mass is 399 g/mol. The quantitative estimate of drug-likeness (QED) is 0.293. The number of nitrogens with one attached hydrogen (secondary N) is 2. The Labute approximate surface area is 169 Å². The van der Waals surface area contributed by atoms with Gasteiger partial charge >= 0.3 is 0 Å². The molecule has 2 rings (SSSR count). The third-order valence-electron chi connectivity index (χ3n) is 3.79. The van der Waals surface area contributed by atoms with Crippen molar-refractivity contribution in [3.63, 3.8) is 0 Å². The van der Waals surface area contributed by atoms with Crippen LogP contribution in [-0.2, 0) is 14.4 Å². The Hall–Kier alpha value is -2.80. The zero-order valence-electron chi connectivity index (χ0n) is 16.3. The fraction of sp³-hybridized carbons (Fsp3) is 0.286. The van der Waals surface area contributed by atoms with Crippen LogP contribution >= 0.6 is 11.8 Å². The second-order valence-corrected chi connectivity index (χ2v) is 7.50. The van der Waals surface area contributed by atoms with Crippen molar-refractivity contribution in [2.75, 3.05) is 24.2 Å². The summed E-state index contributed by atoms with van der Waals surface area (Å²) in [5.74, 6) is 0.0643. The van der Waals surface area contributed by atoms with Crippen LogP contribution in [0.4, 0.5) is 5.69 Å². The first-order valence-electron chi connectivity index (χ1n) is 8.94. The summed E-state index contributed by atoms with van der Waals surface area (Å²) < 4.78 is 0. The van der Waals surface area contributed by atoms with Gasteiger partial charge in [-0.1, -0.05) is 40.5 Å². The molecule has 2 N–H and O–H groups in total. The summed E-state index contributed by atoms with van der Waals surface area (Å²) in [5, 5.41) is 9.00. The van der Waals surface area contributed by atoms with Gasteiger partial charge in [0.15, 0.2) is 6.61 Å². The number of hydrogen-bond acceptors (Lipinski definition) is 5. The molecule has 0 aliphatic heterocycles. The molecule has 7 heteroatoms. The molecule has 6 nitrogen and oxygen atoms in total. The lowest BCUT2D eigenvalue weighted by atomic mass is 10.1. The molecule has 0 heterocycles. The highest BCUT2D eigenvalue weighted by molar-refractivity contribution is 7.99. The molecule has 0 fully saturated rings. The number of rotatable bonds is 9. The molecule has 2 aromatic carbocycles. The number of anilines is 1. The van der Waals surface area contributed by atoms with Gasteiger partial charge in [0, 0.05) is 22.9 Å². The minimum atomic E-state index is -0.415. The van der Waals surface area contributed by atoms with Gasteiger partial charge in [-0.05, 0) is 44.5 Å². The number of amides is 2. The number of carbonyl (C=O) groups excluding carboxylic acids is 2. The maximum absolute atomic E-state index is 11.8. The average Bonchev–Trinajstić information content (AvgIpc) is 2.66. The SMILES string of the molecule is Cc1ccc(SCCNC(=O)CO/N=C\C(=O)Nc2ccc(C)cc2C)cc1. The van der Waals surface area contributed by atoms with Crippen molar-refractivity contribution in [3.05, 3.63) is 59.2 Å². The van der Waals surface area contributed by atoms with E-state index in [0.717, 1.165) is 28.0 Å². The highest BCUT2D eigenvalue weighted by Gasteiger charge is 2.04. The van der Waals surface area contributed by atoms with Gasteiger partial charge in [-0.25, -0.2) is 0 Å². The summed E-state index contributed by atoms with van der Waals surface area (Å²) >= 11 is 1.67. The van der Waals surface area contributed by atoms with Gasteiger partial charge in [-0.15, -0.1) is 11.8 Å². The summed E-state index contributed by atoms with van der Waals surface area (Å²) in [6.07, 6.45) is 1.01. The van der Waals surface area contributed by atoms with Gasteiger partial charge < -0.3 is 15.5 Å². The predicted octanol–water partition coefficient (Wildman–Crippen LogP) is 3.46. The Morgan fingerprint density at radius 2 is 1.79 bits per heavy atom. The van der Waals surface area contributed by atoms with Crippen LogP contribution < -0.4 is 10.6 Å². The highest BCUT2D eigenvalue weighted by atomic mass is 32.2. The lowest BCUT2D eigenvalue weighted by Gasteiger charge is -2.07. The zero-order valence-corrected chi connectivity index (χ0v) is 17.1. The summed E-state index contributed by atoms with van der Waals surface area (Å²) in [6, 6.07) is 14.0. The van der Waals surface area contributed by atoms with E-state index in [9.17, 15) is 9.59 Å². The van der Waals surface area contributed by atoms with Crippen LogP contribution in [0.25, 0.3) is 0 Å². The summed E-state index contributed by atoms with van der Waals surface area (Å²) in [4.78, 5) is 29.5. The Morgan fingerprint density at radius 3 is 2.50 bits per heavy atom. The topological polar surface area (TPSA) is 79.8 Å². The third kappa shape index (κ3) is 7.84. The fourth-order valence-corrected chi connectivity index (χ4v) is 3.11. The standard InChI is InChI=1S/C21H25N3O3S/c1-15-4-7-18(8-5-15)28-11-10-22-21(26)14-27-23-13-20(25)24-19-9-6-16(2)12-17(19)3/h4-9,12-13H,10-11,14H2,1-3H3,(H,22,26)(H,24,25)/b23-13-. The van der Waals surface area contributed by atoms with Gasteiger partial charge in [0.2, 0.25) is 0 Å². The maximum Gasteiger partial charge on any atom is 0.270 e. The van der Waals surface area contributed by atoms with Gasteiger partial charge in [0.05, 0.1) is 0 Å². The molecule has 0 aliphatic carbocycles. The van der Waals surface area contributed by atoms with Crippen molar-refractivity contribution >= 4 is 35.5 Å². The second kappa shape index (κ2) is 11.1. The Balaban J connectivity index is 1.60. The van der Waals surface area contributed by atoms with E-state index in [2.05, 4.69) is 40.1 Å². The molecule has 2 amide bonds. The van der Waals surface area contributed by atoms with E-state index < -0.39 is 5.91 Å². The summed E-state index contributed by atoms with van der Waals surface area (Å²) in [7, 11) is 0. The van der Waals surface area contributed by atoms with Crippen LogP contribution in [-0.4, -0.2) is 36.9 Å². The molecule has 2 aromatic rings. The fourth-order valence-electron chi connectivity index (χ4n) is 2.34. The molecule has 0 aromatic heterocycles. The van der Waals surface area contributed by atoms with Crippen LogP contribution in [0.2, 0.25) is 0 Å². The third-order valence-corrected chi connectivity index (χ3v) is 4.81. The maximum atomic E-state index is 11.8. The van der Waals surface area contributed by atoms with E-state index in [-0.39, 0.29) is 12.5 Å². The van der Waals surface area contributed by atoms with Crippen molar-refractivity contribution in [2.24, 2.45) is 5.16 Å². The van der Waals surface area contributed by atoms with Gasteiger partial charge in [-0.3, -0.25) is 9.59 Å². The minimum absolute atomic E-state index is 0.234. The molecule has 0 aliphatic rings. The molecule has 0 bridgehead atoms. The number of benzene rings is 2. The summed E-state index contributed by atoms with van der Waals surface area (Å²) in [5.41, 5.74) is 4.02. The van der Waals surface area contributed by atoms with E-state index in [1.165, 1.54) is 5.56 Å². The largest absolute Gasteiger partial charge is 0.386 e. The summed E-state index contributed by atoms with van der Waals surface area (Å²) in [6.45, 7) is 6.24. The van der Waals surface area contributed by atoms with Crippen molar-refractivity contribution in [1.29, 1.82) is 0 Å². The first kappa shape index (κ1) is 21.5. The molecule has 0 saturated heterocycles. The lowest BCUT2D eigenvalue weighted by molar-refractivity contribution is -0.125. The van der Waals surface area contributed by atoms with Crippen LogP contribution in [0.1, 0.15) is 16.7 Å². The van der Waals surface area contributed by atoms with E-state index in [4.69, 9.17) is 4.84 Å². The van der Waals surface area contributed by atoms with Crippen molar-refractivity contribution in [3.8, 4) is 0 Å². The molecule has 0 saturated carbocycles. The van der Waals surface area contributed by atoms with Crippen molar-refractivity contribution in [1.82, 2.24) is 5.32 Å². The van der Waals surface area contributed by atoms with Gasteiger partial charge in [0.25, 0.3) is 11.8 Å². The molecule has 148 valence electrons. The number of aryl methyl sites for hydroxylation is 3. The Morgan fingerprint density at radius 1 is 1.07 bits per heavy atom. The minimum Gasteiger partial charge on any atom is -0.386 e.